The van der Waals surface area contributed by atoms with Crippen molar-refractivity contribution in [3.8, 4) is 11.5 Å². The number of phenols is 2. The summed E-state index contributed by atoms with van der Waals surface area (Å²) in [6.45, 7) is 2.62. The highest BCUT2D eigenvalue weighted by atomic mass is 16.5. The third kappa shape index (κ3) is 11.2. The molecule has 0 aliphatic carbocycles. The van der Waals surface area contributed by atoms with E-state index in [1.807, 2.05) is 0 Å². The van der Waals surface area contributed by atoms with Gasteiger partial charge in [-0.15, -0.1) is 0 Å². The SMILES string of the molecule is CCCCCCCCCCCCCCCCCOC(=O)c1cccc(O)c1O. The van der Waals surface area contributed by atoms with Crippen LogP contribution in [0.2, 0.25) is 0 Å². The number of ether oxygens (including phenoxy) is 1. The number of unbranched alkanes of at least 4 members (excludes halogenated alkanes) is 14. The molecule has 0 saturated carbocycles. The molecule has 4 nitrogen and oxygen atoms in total. The Labute approximate surface area is 171 Å². The monoisotopic (exact) mass is 392 g/mol. The fourth-order valence-electron chi connectivity index (χ4n) is 3.41. The van der Waals surface area contributed by atoms with E-state index in [4.69, 9.17) is 4.74 Å². The first-order valence-electron chi connectivity index (χ1n) is 11.3. The van der Waals surface area contributed by atoms with E-state index in [9.17, 15) is 15.0 Å². The first-order valence-corrected chi connectivity index (χ1v) is 11.3. The van der Waals surface area contributed by atoms with Gasteiger partial charge in [0.1, 0.15) is 5.56 Å². The van der Waals surface area contributed by atoms with Crippen molar-refractivity contribution in [1.82, 2.24) is 0 Å². The third-order valence-electron chi connectivity index (χ3n) is 5.22. The van der Waals surface area contributed by atoms with Crippen LogP contribution in [0.3, 0.4) is 0 Å². The summed E-state index contributed by atoms with van der Waals surface area (Å²) in [7, 11) is 0. The summed E-state index contributed by atoms with van der Waals surface area (Å²) in [4.78, 5) is 11.9. The normalized spacial score (nSPS) is 10.9. The highest BCUT2D eigenvalue weighted by Crippen LogP contribution is 2.28. The van der Waals surface area contributed by atoms with Gasteiger partial charge in [-0.1, -0.05) is 103 Å². The maximum atomic E-state index is 11.9. The number of carbonyl (C=O) groups excluding carboxylic acids is 1. The van der Waals surface area contributed by atoms with Gasteiger partial charge < -0.3 is 14.9 Å². The zero-order chi connectivity index (χ0) is 20.5. The van der Waals surface area contributed by atoms with Crippen LogP contribution < -0.4 is 0 Å². The Bertz CT molecular complexity index is 527. The summed E-state index contributed by atoms with van der Waals surface area (Å²) in [5, 5.41) is 19.1. The van der Waals surface area contributed by atoms with E-state index >= 15 is 0 Å². The molecule has 28 heavy (non-hydrogen) atoms. The van der Waals surface area contributed by atoms with E-state index in [0.717, 1.165) is 12.8 Å². The molecule has 0 amide bonds. The van der Waals surface area contributed by atoms with Crippen molar-refractivity contribution in [3.63, 3.8) is 0 Å². The molecule has 0 aliphatic rings. The van der Waals surface area contributed by atoms with E-state index in [-0.39, 0.29) is 11.3 Å². The minimum atomic E-state index is -0.584. The van der Waals surface area contributed by atoms with Crippen LogP contribution in [0.4, 0.5) is 0 Å². The van der Waals surface area contributed by atoms with Crippen LogP contribution in [0, 0.1) is 0 Å². The van der Waals surface area contributed by atoms with Gasteiger partial charge in [-0.3, -0.25) is 0 Å². The summed E-state index contributed by atoms with van der Waals surface area (Å²) in [5.74, 6) is -1.30. The van der Waals surface area contributed by atoms with Gasteiger partial charge in [0.25, 0.3) is 0 Å². The molecule has 1 aromatic carbocycles. The Morgan fingerprint density at radius 1 is 0.750 bits per heavy atom. The average Bonchev–Trinajstić information content (AvgIpc) is 2.69. The lowest BCUT2D eigenvalue weighted by Gasteiger charge is -2.07. The molecule has 0 aliphatic heterocycles. The minimum absolute atomic E-state index is 0.0148. The van der Waals surface area contributed by atoms with Crippen molar-refractivity contribution in [2.24, 2.45) is 0 Å². The number of aromatic hydroxyl groups is 2. The van der Waals surface area contributed by atoms with E-state index in [1.54, 1.807) is 0 Å². The van der Waals surface area contributed by atoms with Crippen molar-refractivity contribution in [1.29, 1.82) is 0 Å². The Balaban J connectivity index is 1.87. The first-order chi connectivity index (χ1) is 13.7. The number of esters is 1. The maximum Gasteiger partial charge on any atom is 0.342 e. The van der Waals surface area contributed by atoms with Gasteiger partial charge in [-0.05, 0) is 18.6 Å². The minimum Gasteiger partial charge on any atom is -0.504 e. The van der Waals surface area contributed by atoms with Crippen LogP contribution in [0.5, 0.6) is 11.5 Å². The number of para-hydroxylation sites is 1. The highest BCUT2D eigenvalue weighted by Gasteiger charge is 2.14. The molecule has 2 N–H and O–H groups in total. The van der Waals surface area contributed by atoms with Crippen LogP contribution in [0.15, 0.2) is 18.2 Å². The predicted molar refractivity (Wildman–Crippen MR) is 115 cm³/mol. The predicted octanol–water partition coefficient (Wildman–Crippen LogP) is 7.13. The number of hydrogen-bond acceptors (Lipinski definition) is 4. The topological polar surface area (TPSA) is 66.8 Å². The zero-order valence-corrected chi connectivity index (χ0v) is 17.8. The molecule has 0 fully saturated rings. The smallest absolute Gasteiger partial charge is 0.342 e. The summed E-state index contributed by atoms with van der Waals surface area (Å²) in [5.41, 5.74) is 0.0148. The maximum absolute atomic E-state index is 11.9. The average molecular weight is 393 g/mol. The molecule has 0 unspecified atom stereocenters. The largest absolute Gasteiger partial charge is 0.504 e. The molecule has 0 spiro atoms. The van der Waals surface area contributed by atoms with Gasteiger partial charge in [-0.25, -0.2) is 4.79 Å². The second-order valence-corrected chi connectivity index (χ2v) is 7.76. The van der Waals surface area contributed by atoms with Gasteiger partial charge in [0.05, 0.1) is 6.61 Å². The number of rotatable bonds is 17. The summed E-state index contributed by atoms with van der Waals surface area (Å²) in [6.07, 6.45) is 19.4. The van der Waals surface area contributed by atoms with E-state index < -0.39 is 11.7 Å². The van der Waals surface area contributed by atoms with Crippen molar-refractivity contribution in [2.45, 2.75) is 103 Å². The molecule has 4 heteroatoms. The second-order valence-electron chi connectivity index (χ2n) is 7.76. The Hall–Kier alpha value is -1.71. The van der Waals surface area contributed by atoms with Crippen LogP contribution >= 0.6 is 0 Å². The molecule has 1 rings (SSSR count). The summed E-state index contributed by atoms with van der Waals surface area (Å²) < 4.78 is 5.17. The van der Waals surface area contributed by atoms with E-state index in [2.05, 4.69) is 6.92 Å². The lowest BCUT2D eigenvalue weighted by Crippen LogP contribution is -2.06. The lowest BCUT2D eigenvalue weighted by molar-refractivity contribution is 0.0493. The fraction of sp³-hybridized carbons (Fsp3) is 0.708. The van der Waals surface area contributed by atoms with E-state index in [1.165, 1.54) is 102 Å². The van der Waals surface area contributed by atoms with Crippen LogP contribution in [-0.2, 0) is 4.74 Å². The fourth-order valence-corrected chi connectivity index (χ4v) is 3.41. The van der Waals surface area contributed by atoms with Gasteiger partial charge >= 0.3 is 5.97 Å². The quantitative estimate of drug-likeness (QED) is 0.168. The second kappa shape index (κ2) is 16.3. The highest BCUT2D eigenvalue weighted by molar-refractivity contribution is 5.93. The molecule has 0 bridgehead atoms. The first kappa shape index (κ1) is 24.3. The number of phenolic OH excluding ortho intramolecular Hbond substituents is 2. The summed E-state index contributed by atoms with van der Waals surface area (Å²) >= 11 is 0. The van der Waals surface area contributed by atoms with Gasteiger partial charge in [0, 0.05) is 0 Å². The molecule has 160 valence electrons. The van der Waals surface area contributed by atoms with Crippen molar-refractivity contribution in [3.05, 3.63) is 23.8 Å². The Morgan fingerprint density at radius 2 is 1.21 bits per heavy atom. The van der Waals surface area contributed by atoms with Crippen LogP contribution in [0.1, 0.15) is 114 Å². The molecular weight excluding hydrogens is 352 g/mol. The standard InChI is InChI=1S/C24H40O4/c1-2-3-4-5-6-7-8-9-10-11-12-13-14-15-16-20-28-24(27)21-18-17-19-22(25)23(21)26/h17-19,25-26H,2-16,20H2,1H3. The van der Waals surface area contributed by atoms with Crippen molar-refractivity contribution < 1.29 is 19.7 Å². The number of hydrogen-bond donors (Lipinski definition) is 2. The number of benzene rings is 1. The lowest BCUT2D eigenvalue weighted by atomic mass is 10.0. The molecule has 0 radical (unpaired) electrons. The number of carbonyl (C=O) groups is 1. The van der Waals surface area contributed by atoms with Crippen LogP contribution in [0.25, 0.3) is 0 Å². The Kier molecular flexibility index (Phi) is 14.1. The molecule has 0 atom stereocenters. The molecule has 0 heterocycles. The zero-order valence-electron chi connectivity index (χ0n) is 17.8. The van der Waals surface area contributed by atoms with Crippen molar-refractivity contribution in [2.75, 3.05) is 6.61 Å². The van der Waals surface area contributed by atoms with Crippen LogP contribution in [-0.4, -0.2) is 22.8 Å². The third-order valence-corrected chi connectivity index (χ3v) is 5.22. The van der Waals surface area contributed by atoms with Gasteiger partial charge in [0.15, 0.2) is 11.5 Å². The molecular formula is C24H40O4. The van der Waals surface area contributed by atoms with Gasteiger partial charge in [0.2, 0.25) is 0 Å². The summed E-state index contributed by atoms with van der Waals surface area (Å²) in [6, 6.07) is 4.30. The Morgan fingerprint density at radius 3 is 1.71 bits per heavy atom. The molecule has 1 aromatic rings. The van der Waals surface area contributed by atoms with E-state index in [0.29, 0.717) is 6.61 Å². The molecule has 0 saturated heterocycles. The molecule has 0 aromatic heterocycles. The van der Waals surface area contributed by atoms with Gasteiger partial charge in [-0.2, -0.15) is 0 Å². The van der Waals surface area contributed by atoms with Crippen molar-refractivity contribution >= 4 is 5.97 Å².